The highest BCUT2D eigenvalue weighted by Crippen LogP contribution is 2.21. The third kappa shape index (κ3) is 10.1. The number of carbonyl (C=O) groups is 1. The topological polar surface area (TPSA) is 110 Å². The van der Waals surface area contributed by atoms with Crippen LogP contribution in [-0.2, 0) is 9.36 Å². The molecule has 0 radical (unpaired) electrons. The molecule has 4 N–H and O–H groups in total. The maximum atomic E-state index is 10.1. The SMILES string of the molecule is CCCC[C@H](N)C(=O)O.O=[P+](O)Oc1ccccc1. The molecule has 0 saturated carbocycles. The van der Waals surface area contributed by atoms with Gasteiger partial charge in [0.15, 0.2) is 5.75 Å². The lowest BCUT2D eigenvalue weighted by atomic mass is 10.1. The third-order valence-corrected chi connectivity index (χ3v) is 2.48. The number of carboxylic acid groups (broad SMARTS) is 1. The third-order valence-electron chi connectivity index (χ3n) is 2.11. The Bertz CT molecular complexity index is 385. The molecule has 0 spiro atoms. The van der Waals surface area contributed by atoms with E-state index in [1.165, 1.54) is 0 Å². The molecular weight excluding hydrogens is 269 g/mol. The molecule has 6 nitrogen and oxygen atoms in total. The van der Waals surface area contributed by atoms with E-state index >= 15 is 0 Å². The van der Waals surface area contributed by atoms with E-state index < -0.39 is 20.3 Å². The number of para-hydroxylation sites is 1. The molecule has 7 heteroatoms. The van der Waals surface area contributed by atoms with Gasteiger partial charge < -0.3 is 10.8 Å². The van der Waals surface area contributed by atoms with Crippen molar-refractivity contribution in [3.05, 3.63) is 30.3 Å². The summed E-state index contributed by atoms with van der Waals surface area (Å²) in [5.74, 6) is -0.491. The normalized spacial score (nSPS) is 11.8. The first-order chi connectivity index (χ1) is 8.97. The summed E-state index contributed by atoms with van der Waals surface area (Å²) in [6.07, 6.45) is 2.49. The first kappa shape index (κ1) is 17.5. The smallest absolute Gasteiger partial charge is 0.480 e. The lowest BCUT2D eigenvalue weighted by Gasteiger charge is -2.02. The van der Waals surface area contributed by atoms with Crippen molar-refractivity contribution in [1.29, 1.82) is 0 Å². The van der Waals surface area contributed by atoms with Gasteiger partial charge in [0.25, 0.3) is 0 Å². The molecular formula is C12H19NO5P+. The van der Waals surface area contributed by atoms with Gasteiger partial charge in [-0.05, 0) is 18.6 Å². The maximum absolute atomic E-state index is 10.1. The van der Waals surface area contributed by atoms with Crippen LogP contribution < -0.4 is 10.3 Å². The second-order valence-corrected chi connectivity index (χ2v) is 4.39. The maximum Gasteiger partial charge on any atom is 0.747 e. The predicted octanol–water partition coefficient (Wildman–Crippen LogP) is 2.30. The van der Waals surface area contributed by atoms with Crippen LogP contribution in [0.5, 0.6) is 5.75 Å². The summed E-state index contributed by atoms with van der Waals surface area (Å²) in [6, 6.07) is 7.83. The van der Waals surface area contributed by atoms with E-state index in [4.69, 9.17) is 15.7 Å². The molecule has 1 aromatic rings. The number of hydrogen-bond donors (Lipinski definition) is 3. The molecule has 1 aromatic carbocycles. The lowest BCUT2D eigenvalue weighted by Crippen LogP contribution is -2.29. The second-order valence-electron chi connectivity index (χ2n) is 3.73. The Morgan fingerprint density at radius 2 is 2.00 bits per heavy atom. The Balaban J connectivity index is 0.000000344. The molecule has 2 atom stereocenters. The number of nitrogens with two attached hydrogens (primary N) is 1. The van der Waals surface area contributed by atoms with Crippen molar-refractivity contribution in [1.82, 2.24) is 0 Å². The molecule has 1 unspecified atom stereocenters. The van der Waals surface area contributed by atoms with Crippen LogP contribution in [0.3, 0.4) is 0 Å². The van der Waals surface area contributed by atoms with Crippen molar-refractivity contribution < 1.29 is 23.9 Å². The van der Waals surface area contributed by atoms with Gasteiger partial charge in [-0.2, -0.15) is 0 Å². The summed E-state index contributed by atoms with van der Waals surface area (Å²) in [4.78, 5) is 18.4. The zero-order chi connectivity index (χ0) is 14.7. The first-order valence-electron chi connectivity index (χ1n) is 5.85. The fourth-order valence-corrected chi connectivity index (χ4v) is 1.42. The standard InChI is InChI=1S/C6H13NO2.C6H5O3P/c1-2-3-4-5(7)6(8)9;7-10(8)9-6-4-2-1-3-5-6/h5H,2-4,7H2,1H3,(H,8,9);1-5H/p+1/t5-;/m0./s1. The molecule has 0 aliphatic heterocycles. The fraction of sp³-hybridized carbons (Fsp3) is 0.417. The van der Waals surface area contributed by atoms with E-state index in [2.05, 4.69) is 4.52 Å². The van der Waals surface area contributed by atoms with Crippen molar-refractivity contribution >= 4 is 14.2 Å². The number of carboxylic acids is 1. The zero-order valence-electron chi connectivity index (χ0n) is 10.7. The monoisotopic (exact) mass is 288 g/mol. The molecule has 0 heterocycles. The largest absolute Gasteiger partial charge is 0.747 e. The number of unbranched alkanes of at least 4 members (excludes halogenated alkanes) is 1. The van der Waals surface area contributed by atoms with E-state index in [1.54, 1.807) is 30.3 Å². The van der Waals surface area contributed by atoms with E-state index in [0.29, 0.717) is 12.2 Å². The van der Waals surface area contributed by atoms with Gasteiger partial charge in [0.2, 0.25) is 0 Å². The molecule has 0 aliphatic rings. The summed E-state index contributed by atoms with van der Waals surface area (Å²) in [7, 11) is -2.53. The van der Waals surface area contributed by atoms with Crippen molar-refractivity contribution in [3.63, 3.8) is 0 Å². The van der Waals surface area contributed by atoms with Crippen LogP contribution in [0.15, 0.2) is 30.3 Å². The fourth-order valence-electron chi connectivity index (χ4n) is 1.12. The summed E-state index contributed by atoms with van der Waals surface area (Å²) < 4.78 is 14.6. The summed E-state index contributed by atoms with van der Waals surface area (Å²) in [5, 5.41) is 8.28. The van der Waals surface area contributed by atoms with E-state index in [0.717, 1.165) is 12.8 Å². The highest BCUT2D eigenvalue weighted by Gasteiger charge is 2.12. The molecule has 0 bridgehead atoms. The Kier molecular flexibility index (Phi) is 9.62. The van der Waals surface area contributed by atoms with Gasteiger partial charge >= 0.3 is 14.2 Å². The van der Waals surface area contributed by atoms with Crippen LogP contribution in [-0.4, -0.2) is 22.0 Å². The first-order valence-corrected chi connectivity index (χ1v) is 6.98. The van der Waals surface area contributed by atoms with Crippen molar-refractivity contribution in [2.45, 2.75) is 32.2 Å². The van der Waals surface area contributed by atoms with Crippen LogP contribution >= 0.6 is 8.25 Å². The van der Waals surface area contributed by atoms with Crippen LogP contribution in [0.4, 0.5) is 0 Å². The highest BCUT2D eigenvalue weighted by atomic mass is 31.1. The molecule has 0 aromatic heterocycles. The molecule has 0 fully saturated rings. The Morgan fingerprint density at radius 3 is 2.42 bits per heavy atom. The summed E-state index contributed by atoms with van der Waals surface area (Å²) in [5.41, 5.74) is 5.20. The summed E-state index contributed by atoms with van der Waals surface area (Å²) in [6.45, 7) is 2.01. The average molecular weight is 288 g/mol. The Labute approximate surface area is 113 Å². The molecule has 19 heavy (non-hydrogen) atoms. The van der Waals surface area contributed by atoms with Gasteiger partial charge in [0.05, 0.1) is 0 Å². The van der Waals surface area contributed by atoms with Crippen LogP contribution in [0.25, 0.3) is 0 Å². The van der Waals surface area contributed by atoms with Crippen LogP contribution in [0.1, 0.15) is 26.2 Å². The molecule has 106 valence electrons. The number of rotatable bonds is 6. The zero-order valence-corrected chi connectivity index (χ0v) is 11.6. The minimum Gasteiger partial charge on any atom is -0.480 e. The Hall–Kier alpha value is -1.49. The molecule has 1 rings (SSSR count). The van der Waals surface area contributed by atoms with E-state index in [9.17, 15) is 9.36 Å². The van der Waals surface area contributed by atoms with Gasteiger partial charge in [-0.1, -0.05) is 38.0 Å². The Morgan fingerprint density at radius 1 is 1.42 bits per heavy atom. The van der Waals surface area contributed by atoms with Gasteiger partial charge in [0, 0.05) is 4.57 Å². The summed E-state index contributed by atoms with van der Waals surface area (Å²) >= 11 is 0. The van der Waals surface area contributed by atoms with Crippen molar-refractivity contribution in [3.8, 4) is 5.75 Å². The number of benzene rings is 1. The van der Waals surface area contributed by atoms with E-state index in [1.807, 2.05) is 6.92 Å². The molecule has 0 saturated heterocycles. The molecule has 0 amide bonds. The van der Waals surface area contributed by atoms with E-state index in [-0.39, 0.29) is 0 Å². The van der Waals surface area contributed by atoms with Gasteiger partial charge in [-0.15, -0.1) is 4.89 Å². The second kappa shape index (κ2) is 10.4. The van der Waals surface area contributed by atoms with Crippen LogP contribution in [0, 0.1) is 0 Å². The van der Waals surface area contributed by atoms with Gasteiger partial charge in [-0.3, -0.25) is 4.79 Å². The van der Waals surface area contributed by atoms with Gasteiger partial charge in [0.1, 0.15) is 6.04 Å². The quantitative estimate of drug-likeness (QED) is 0.693. The number of hydrogen-bond acceptors (Lipinski definition) is 4. The minimum absolute atomic E-state index is 0.408. The predicted molar refractivity (Wildman–Crippen MR) is 72.0 cm³/mol. The minimum atomic E-state index is -2.53. The van der Waals surface area contributed by atoms with Gasteiger partial charge in [-0.25, -0.2) is 4.52 Å². The average Bonchev–Trinajstić information content (AvgIpc) is 2.37. The number of aliphatic carboxylic acids is 1. The van der Waals surface area contributed by atoms with Crippen molar-refractivity contribution in [2.75, 3.05) is 0 Å². The van der Waals surface area contributed by atoms with Crippen LogP contribution in [0.2, 0.25) is 0 Å². The van der Waals surface area contributed by atoms with Crippen molar-refractivity contribution in [2.24, 2.45) is 5.73 Å². The lowest BCUT2D eigenvalue weighted by molar-refractivity contribution is -0.138. The molecule has 0 aliphatic carbocycles. The highest BCUT2D eigenvalue weighted by molar-refractivity contribution is 7.32.